The number of rotatable bonds is 10. The first-order chi connectivity index (χ1) is 12.2. The van der Waals surface area contributed by atoms with Crippen molar-refractivity contribution in [2.45, 2.75) is 19.8 Å². The summed E-state index contributed by atoms with van der Waals surface area (Å²) in [5.74, 6) is 1.29. The molecular formula is C20H25NO4. The van der Waals surface area contributed by atoms with E-state index in [2.05, 4.69) is 12.2 Å². The van der Waals surface area contributed by atoms with Gasteiger partial charge in [0.05, 0.1) is 13.2 Å². The fourth-order valence-corrected chi connectivity index (χ4v) is 2.15. The lowest BCUT2D eigenvalue weighted by atomic mass is 10.2. The van der Waals surface area contributed by atoms with E-state index >= 15 is 0 Å². The van der Waals surface area contributed by atoms with E-state index in [9.17, 15) is 4.79 Å². The van der Waals surface area contributed by atoms with Crippen LogP contribution in [0.1, 0.15) is 30.1 Å². The van der Waals surface area contributed by atoms with Gasteiger partial charge in [0.2, 0.25) is 0 Å². The molecule has 1 amide bonds. The number of carbonyl (C=O) groups is 1. The third kappa shape index (κ3) is 6.47. The summed E-state index contributed by atoms with van der Waals surface area (Å²) in [6, 6.07) is 14.4. The molecule has 0 radical (unpaired) electrons. The second kappa shape index (κ2) is 10.4. The number of anilines is 1. The Morgan fingerprint density at radius 3 is 2.44 bits per heavy atom. The van der Waals surface area contributed by atoms with Gasteiger partial charge in [-0.05, 0) is 42.8 Å². The number of unbranched alkanes of at least 4 members (excludes halogenated alkanes) is 1. The highest BCUT2D eigenvalue weighted by Crippen LogP contribution is 2.19. The maximum Gasteiger partial charge on any atom is 0.255 e. The van der Waals surface area contributed by atoms with Crippen molar-refractivity contribution in [3.8, 4) is 11.5 Å². The van der Waals surface area contributed by atoms with Crippen molar-refractivity contribution < 1.29 is 19.0 Å². The molecule has 0 heterocycles. The van der Waals surface area contributed by atoms with Crippen LogP contribution in [0.25, 0.3) is 0 Å². The second-order valence-electron chi connectivity index (χ2n) is 5.55. The van der Waals surface area contributed by atoms with E-state index in [-0.39, 0.29) is 5.91 Å². The molecule has 0 atom stereocenters. The number of methoxy groups -OCH3 is 1. The summed E-state index contributed by atoms with van der Waals surface area (Å²) >= 11 is 0. The number of benzene rings is 2. The van der Waals surface area contributed by atoms with Crippen molar-refractivity contribution in [3.63, 3.8) is 0 Å². The molecule has 2 aromatic rings. The zero-order chi connectivity index (χ0) is 17.9. The molecule has 0 aromatic heterocycles. The lowest BCUT2D eigenvalue weighted by Gasteiger charge is -2.10. The smallest absolute Gasteiger partial charge is 0.255 e. The molecule has 2 rings (SSSR count). The van der Waals surface area contributed by atoms with Gasteiger partial charge in [0.15, 0.2) is 0 Å². The minimum absolute atomic E-state index is 0.172. The van der Waals surface area contributed by atoms with Gasteiger partial charge >= 0.3 is 0 Å². The van der Waals surface area contributed by atoms with Crippen LogP contribution >= 0.6 is 0 Å². The molecule has 5 nitrogen and oxygen atoms in total. The van der Waals surface area contributed by atoms with Crippen molar-refractivity contribution in [1.82, 2.24) is 0 Å². The van der Waals surface area contributed by atoms with Gasteiger partial charge < -0.3 is 19.5 Å². The molecule has 0 bridgehead atoms. The van der Waals surface area contributed by atoms with Gasteiger partial charge in [0.1, 0.15) is 18.1 Å². The Morgan fingerprint density at radius 1 is 0.960 bits per heavy atom. The standard InChI is InChI=1S/C20H25NO4/c1-3-4-12-24-19-7-5-6-17(15-19)21-20(22)16-8-10-18(11-9-16)25-14-13-23-2/h5-11,15H,3-4,12-14H2,1-2H3,(H,21,22). The Labute approximate surface area is 148 Å². The Hall–Kier alpha value is -2.53. The summed E-state index contributed by atoms with van der Waals surface area (Å²) in [5.41, 5.74) is 1.27. The summed E-state index contributed by atoms with van der Waals surface area (Å²) in [4.78, 5) is 12.3. The highest BCUT2D eigenvalue weighted by atomic mass is 16.5. The molecule has 0 aliphatic rings. The Balaban J connectivity index is 1.91. The predicted molar refractivity (Wildman–Crippen MR) is 98.6 cm³/mol. The van der Waals surface area contributed by atoms with Crippen LogP contribution in [0.2, 0.25) is 0 Å². The van der Waals surface area contributed by atoms with Gasteiger partial charge in [0, 0.05) is 24.4 Å². The third-order valence-electron chi connectivity index (χ3n) is 3.53. The molecule has 0 spiro atoms. The minimum atomic E-state index is -0.172. The Bertz CT molecular complexity index is 655. The van der Waals surface area contributed by atoms with Crippen molar-refractivity contribution in [2.24, 2.45) is 0 Å². The number of hydrogen-bond donors (Lipinski definition) is 1. The second-order valence-corrected chi connectivity index (χ2v) is 5.55. The number of carbonyl (C=O) groups excluding carboxylic acids is 1. The first-order valence-electron chi connectivity index (χ1n) is 8.49. The SMILES string of the molecule is CCCCOc1cccc(NC(=O)c2ccc(OCCOC)cc2)c1. The average molecular weight is 343 g/mol. The number of amides is 1. The monoisotopic (exact) mass is 343 g/mol. The van der Waals surface area contributed by atoms with Crippen LogP contribution in [-0.2, 0) is 4.74 Å². The Morgan fingerprint density at radius 2 is 1.72 bits per heavy atom. The van der Waals surface area contributed by atoms with Crippen LogP contribution in [0.15, 0.2) is 48.5 Å². The molecule has 0 saturated heterocycles. The van der Waals surface area contributed by atoms with Crippen molar-refractivity contribution in [2.75, 3.05) is 32.2 Å². The average Bonchev–Trinajstić information content (AvgIpc) is 2.63. The number of hydrogen-bond acceptors (Lipinski definition) is 4. The van der Waals surface area contributed by atoms with Crippen LogP contribution in [0.4, 0.5) is 5.69 Å². The van der Waals surface area contributed by atoms with E-state index in [1.807, 2.05) is 24.3 Å². The molecule has 25 heavy (non-hydrogen) atoms. The summed E-state index contributed by atoms with van der Waals surface area (Å²) in [6.07, 6.45) is 2.09. The summed E-state index contributed by atoms with van der Waals surface area (Å²) in [7, 11) is 1.63. The lowest BCUT2D eigenvalue weighted by molar-refractivity contribution is 0.102. The van der Waals surface area contributed by atoms with Crippen LogP contribution in [-0.4, -0.2) is 32.8 Å². The molecule has 134 valence electrons. The van der Waals surface area contributed by atoms with Crippen LogP contribution in [0.3, 0.4) is 0 Å². The van der Waals surface area contributed by atoms with E-state index in [0.717, 1.165) is 18.6 Å². The normalized spacial score (nSPS) is 10.3. The van der Waals surface area contributed by atoms with E-state index in [1.165, 1.54) is 0 Å². The molecule has 2 aromatic carbocycles. The summed E-state index contributed by atoms with van der Waals surface area (Å²) < 4.78 is 16.1. The third-order valence-corrected chi connectivity index (χ3v) is 3.53. The molecule has 5 heteroatoms. The summed E-state index contributed by atoms with van der Waals surface area (Å²) in [5, 5.41) is 2.88. The molecule has 0 fully saturated rings. The largest absolute Gasteiger partial charge is 0.494 e. The summed E-state index contributed by atoms with van der Waals surface area (Å²) in [6.45, 7) is 3.80. The quantitative estimate of drug-likeness (QED) is 0.659. The number of nitrogens with one attached hydrogen (secondary N) is 1. The molecule has 0 unspecified atom stereocenters. The van der Waals surface area contributed by atoms with Crippen molar-refractivity contribution in [1.29, 1.82) is 0 Å². The van der Waals surface area contributed by atoms with E-state index in [1.54, 1.807) is 31.4 Å². The van der Waals surface area contributed by atoms with Crippen molar-refractivity contribution in [3.05, 3.63) is 54.1 Å². The molecule has 0 saturated carbocycles. The van der Waals surface area contributed by atoms with Gasteiger partial charge in [-0.1, -0.05) is 19.4 Å². The van der Waals surface area contributed by atoms with Gasteiger partial charge in [-0.2, -0.15) is 0 Å². The zero-order valence-electron chi connectivity index (χ0n) is 14.8. The zero-order valence-corrected chi connectivity index (χ0v) is 14.8. The van der Waals surface area contributed by atoms with Gasteiger partial charge in [-0.3, -0.25) is 4.79 Å². The highest BCUT2D eigenvalue weighted by molar-refractivity contribution is 6.04. The molecule has 0 aliphatic heterocycles. The van der Waals surface area contributed by atoms with Gasteiger partial charge in [-0.15, -0.1) is 0 Å². The lowest BCUT2D eigenvalue weighted by Crippen LogP contribution is -2.12. The molecular weight excluding hydrogens is 318 g/mol. The first-order valence-corrected chi connectivity index (χ1v) is 8.49. The fraction of sp³-hybridized carbons (Fsp3) is 0.350. The maximum atomic E-state index is 12.3. The van der Waals surface area contributed by atoms with E-state index < -0.39 is 0 Å². The van der Waals surface area contributed by atoms with Gasteiger partial charge in [-0.25, -0.2) is 0 Å². The molecule has 0 aliphatic carbocycles. The van der Waals surface area contributed by atoms with E-state index in [0.29, 0.717) is 36.8 Å². The Kier molecular flexibility index (Phi) is 7.79. The van der Waals surface area contributed by atoms with Crippen LogP contribution < -0.4 is 14.8 Å². The van der Waals surface area contributed by atoms with Crippen molar-refractivity contribution >= 4 is 11.6 Å². The van der Waals surface area contributed by atoms with Crippen LogP contribution in [0.5, 0.6) is 11.5 Å². The molecule has 1 N–H and O–H groups in total. The highest BCUT2D eigenvalue weighted by Gasteiger charge is 2.07. The number of ether oxygens (including phenoxy) is 3. The topological polar surface area (TPSA) is 56.8 Å². The van der Waals surface area contributed by atoms with Gasteiger partial charge in [0.25, 0.3) is 5.91 Å². The fourth-order valence-electron chi connectivity index (χ4n) is 2.15. The van der Waals surface area contributed by atoms with E-state index in [4.69, 9.17) is 14.2 Å². The first kappa shape index (κ1) is 18.8. The van der Waals surface area contributed by atoms with Crippen LogP contribution in [0, 0.1) is 0 Å². The maximum absolute atomic E-state index is 12.3. The minimum Gasteiger partial charge on any atom is -0.494 e. The predicted octanol–water partition coefficient (Wildman–Crippen LogP) is 4.14.